The molecular weight excluding hydrogens is 212 g/mol. The van der Waals surface area contributed by atoms with E-state index in [2.05, 4.69) is 10.3 Å². The topological polar surface area (TPSA) is 34.1 Å². The van der Waals surface area contributed by atoms with Gasteiger partial charge in [0.1, 0.15) is 5.75 Å². The Bertz CT molecular complexity index is 457. The summed E-state index contributed by atoms with van der Waals surface area (Å²) in [6, 6.07) is 13.9. The molecule has 17 heavy (non-hydrogen) atoms. The lowest BCUT2D eigenvalue weighted by Crippen LogP contribution is -2.06. The van der Waals surface area contributed by atoms with Crippen LogP contribution in [0.3, 0.4) is 0 Å². The number of aromatic nitrogens is 1. The summed E-state index contributed by atoms with van der Waals surface area (Å²) >= 11 is 0. The molecule has 0 aliphatic carbocycles. The molecule has 0 unspecified atom stereocenters. The van der Waals surface area contributed by atoms with Gasteiger partial charge in [0.25, 0.3) is 0 Å². The molecule has 0 amide bonds. The first-order valence-corrected chi connectivity index (χ1v) is 5.67. The molecule has 0 aliphatic heterocycles. The SMILES string of the molecule is COc1ccccc1NCCc1ccccn1. The second-order valence-corrected chi connectivity index (χ2v) is 3.70. The van der Waals surface area contributed by atoms with Crippen LogP contribution in [-0.2, 0) is 6.42 Å². The first-order chi connectivity index (χ1) is 8.40. The van der Waals surface area contributed by atoms with Gasteiger partial charge in [-0.3, -0.25) is 4.98 Å². The number of benzene rings is 1. The summed E-state index contributed by atoms with van der Waals surface area (Å²) in [6.45, 7) is 0.845. The Morgan fingerprint density at radius 3 is 2.71 bits per heavy atom. The quantitative estimate of drug-likeness (QED) is 0.854. The molecule has 0 saturated carbocycles. The number of rotatable bonds is 5. The van der Waals surface area contributed by atoms with Crippen LogP contribution in [0.2, 0.25) is 0 Å². The number of nitrogens with zero attached hydrogens (tertiary/aromatic N) is 1. The van der Waals surface area contributed by atoms with Gasteiger partial charge in [0.15, 0.2) is 0 Å². The fraction of sp³-hybridized carbons (Fsp3) is 0.214. The maximum absolute atomic E-state index is 5.27. The number of methoxy groups -OCH3 is 1. The normalized spacial score (nSPS) is 9.94. The van der Waals surface area contributed by atoms with Crippen LogP contribution in [0, 0.1) is 0 Å². The zero-order chi connectivity index (χ0) is 11.9. The highest BCUT2D eigenvalue weighted by atomic mass is 16.5. The van der Waals surface area contributed by atoms with Crippen molar-refractivity contribution in [3.05, 3.63) is 54.4 Å². The van der Waals surface area contributed by atoms with Crippen molar-refractivity contribution in [3.8, 4) is 5.75 Å². The van der Waals surface area contributed by atoms with Crippen LogP contribution in [0.25, 0.3) is 0 Å². The van der Waals surface area contributed by atoms with E-state index in [0.29, 0.717) is 0 Å². The Morgan fingerprint density at radius 1 is 1.12 bits per heavy atom. The van der Waals surface area contributed by atoms with Crippen LogP contribution in [0.1, 0.15) is 5.69 Å². The average Bonchev–Trinajstić information content (AvgIpc) is 2.40. The van der Waals surface area contributed by atoms with Crippen LogP contribution in [0.4, 0.5) is 5.69 Å². The van der Waals surface area contributed by atoms with Crippen molar-refractivity contribution in [2.24, 2.45) is 0 Å². The van der Waals surface area contributed by atoms with E-state index in [1.165, 1.54) is 0 Å². The summed E-state index contributed by atoms with van der Waals surface area (Å²) in [5.41, 5.74) is 2.11. The van der Waals surface area contributed by atoms with Gasteiger partial charge in [-0.2, -0.15) is 0 Å². The number of para-hydroxylation sites is 2. The fourth-order valence-corrected chi connectivity index (χ4v) is 1.66. The fourth-order valence-electron chi connectivity index (χ4n) is 1.66. The second-order valence-electron chi connectivity index (χ2n) is 3.70. The summed E-state index contributed by atoms with van der Waals surface area (Å²) in [5, 5.41) is 3.35. The van der Waals surface area contributed by atoms with E-state index in [9.17, 15) is 0 Å². The van der Waals surface area contributed by atoms with Crippen molar-refractivity contribution in [1.29, 1.82) is 0 Å². The van der Waals surface area contributed by atoms with Gasteiger partial charge < -0.3 is 10.1 Å². The average molecular weight is 228 g/mol. The minimum Gasteiger partial charge on any atom is -0.495 e. The molecule has 0 saturated heterocycles. The van der Waals surface area contributed by atoms with Gasteiger partial charge in [-0.1, -0.05) is 18.2 Å². The van der Waals surface area contributed by atoms with Crippen molar-refractivity contribution in [2.45, 2.75) is 6.42 Å². The number of anilines is 1. The maximum Gasteiger partial charge on any atom is 0.141 e. The number of nitrogens with one attached hydrogen (secondary N) is 1. The first-order valence-electron chi connectivity index (χ1n) is 5.67. The molecule has 0 bridgehead atoms. The van der Waals surface area contributed by atoms with Gasteiger partial charge >= 0.3 is 0 Å². The standard InChI is InChI=1S/C14H16N2O/c1-17-14-8-3-2-7-13(14)16-11-9-12-6-4-5-10-15-12/h2-8,10,16H,9,11H2,1H3. The van der Waals surface area contributed by atoms with Gasteiger partial charge in [-0.25, -0.2) is 0 Å². The predicted molar refractivity (Wildman–Crippen MR) is 69.4 cm³/mol. The third-order valence-electron chi connectivity index (χ3n) is 2.53. The van der Waals surface area contributed by atoms with Crippen LogP contribution < -0.4 is 10.1 Å². The zero-order valence-corrected chi connectivity index (χ0v) is 9.89. The number of pyridine rings is 1. The van der Waals surface area contributed by atoms with Gasteiger partial charge in [0, 0.05) is 24.9 Å². The molecule has 1 aromatic carbocycles. The third-order valence-corrected chi connectivity index (χ3v) is 2.53. The van der Waals surface area contributed by atoms with E-state index in [0.717, 1.165) is 30.1 Å². The zero-order valence-electron chi connectivity index (χ0n) is 9.89. The van der Waals surface area contributed by atoms with Crippen LogP contribution in [0.5, 0.6) is 5.75 Å². The second kappa shape index (κ2) is 5.89. The van der Waals surface area contributed by atoms with Gasteiger partial charge in [-0.15, -0.1) is 0 Å². The molecule has 1 heterocycles. The van der Waals surface area contributed by atoms with Crippen LogP contribution in [0.15, 0.2) is 48.7 Å². The van der Waals surface area contributed by atoms with Gasteiger partial charge in [0.2, 0.25) is 0 Å². The monoisotopic (exact) mass is 228 g/mol. The van der Waals surface area contributed by atoms with Crippen LogP contribution in [-0.4, -0.2) is 18.6 Å². The van der Waals surface area contributed by atoms with Crippen molar-refractivity contribution in [3.63, 3.8) is 0 Å². The molecule has 2 aromatic rings. The Morgan fingerprint density at radius 2 is 1.94 bits per heavy atom. The summed E-state index contributed by atoms with van der Waals surface area (Å²) in [6.07, 6.45) is 2.72. The molecule has 1 N–H and O–H groups in total. The summed E-state index contributed by atoms with van der Waals surface area (Å²) in [4.78, 5) is 4.28. The molecular formula is C14H16N2O. The van der Waals surface area contributed by atoms with E-state index >= 15 is 0 Å². The van der Waals surface area contributed by atoms with E-state index in [1.807, 2.05) is 48.7 Å². The van der Waals surface area contributed by atoms with Crippen molar-refractivity contribution in [2.75, 3.05) is 19.0 Å². The molecule has 3 nitrogen and oxygen atoms in total. The summed E-state index contributed by atoms with van der Waals surface area (Å²) in [5.74, 6) is 0.869. The highest BCUT2D eigenvalue weighted by molar-refractivity contribution is 5.56. The van der Waals surface area contributed by atoms with E-state index < -0.39 is 0 Å². The highest BCUT2D eigenvalue weighted by Crippen LogP contribution is 2.22. The smallest absolute Gasteiger partial charge is 0.141 e. The Kier molecular flexibility index (Phi) is 3.97. The largest absolute Gasteiger partial charge is 0.495 e. The molecule has 2 rings (SSSR count). The van der Waals surface area contributed by atoms with Crippen molar-refractivity contribution >= 4 is 5.69 Å². The lowest BCUT2D eigenvalue weighted by atomic mass is 10.2. The first kappa shape index (κ1) is 11.5. The molecule has 0 aliphatic rings. The molecule has 0 atom stereocenters. The molecule has 0 radical (unpaired) electrons. The Hall–Kier alpha value is -2.03. The predicted octanol–water partition coefficient (Wildman–Crippen LogP) is 2.74. The lowest BCUT2D eigenvalue weighted by molar-refractivity contribution is 0.416. The number of hydrogen-bond donors (Lipinski definition) is 1. The number of hydrogen-bond acceptors (Lipinski definition) is 3. The minimum absolute atomic E-state index is 0.845. The van der Waals surface area contributed by atoms with E-state index in [1.54, 1.807) is 7.11 Å². The Labute approximate surface area is 101 Å². The van der Waals surface area contributed by atoms with E-state index in [-0.39, 0.29) is 0 Å². The molecule has 0 spiro atoms. The molecule has 0 fully saturated rings. The molecule has 88 valence electrons. The molecule has 3 heteroatoms. The minimum atomic E-state index is 0.845. The van der Waals surface area contributed by atoms with Crippen LogP contribution >= 0.6 is 0 Å². The lowest BCUT2D eigenvalue weighted by Gasteiger charge is -2.10. The highest BCUT2D eigenvalue weighted by Gasteiger charge is 2.00. The van der Waals surface area contributed by atoms with Crippen molar-refractivity contribution in [1.82, 2.24) is 4.98 Å². The van der Waals surface area contributed by atoms with Gasteiger partial charge in [0.05, 0.1) is 12.8 Å². The molecule has 1 aromatic heterocycles. The maximum atomic E-state index is 5.27. The van der Waals surface area contributed by atoms with Gasteiger partial charge in [-0.05, 0) is 24.3 Å². The third kappa shape index (κ3) is 3.21. The van der Waals surface area contributed by atoms with E-state index in [4.69, 9.17) is 4.74 Å². The summed E-state index contributed by atoms with van der Waals surface area (Å²) < 4.78 is 5.27. The number of ether oxygens (including phenoxy) is 1. The van der Waals surface area contributed by atoms with Crippen molar-refractivity contribution < 1.29 is 4.74 Å². The Balaban J connectivity index is 1.90. The summed E-state index contributed by atoms with van der Waals surface area (Å²) in [7, 11) is 1.68.